The van der Waals surface area contributed by atoms with Crippen LogP contribution in [0.1, 0.15) is 15.9 Å². The number of nitro groups is 1. The number of methoxy groups -OCH3 is 1. The Hall–Kier alpha value is -2.89. The lowest BCUT2D eigenvalue weighted by molar-refractivity contribution is -0.385. The fourth-order valence-electron chi connectivity index (χ4n) is 1.81. The van der Waals surface area contributed by atoms with Gasteiger partial charge >= 0.3 is 5.97 Å². The van der Waals surface area contributed by atoms with Crippen molar-refractivity contribution in [3.63, 3.8) is 0 Å². The molecule has 0 saturated carbocycles. The van der Waals surface area contributed by atoms with Crippen LogP contribution < -0.4 is 4.74 Å². The number of nitrogens with zero attached hydrogens (tertiary/aromatic N) is 1. The van der Waals surface area contributed by atoms with Crippen LogP contribution >= 0.6 is 0 Å². The second kappa shape index (κ2) is 6.04. The first-order valence-electron chi connectivity index (χ1n) is 6.12. The van der Waals surface area contributed by atoms with Crippen molar-refractivity contribution in [2.45, 2.75) is 6.92 Å². The summed E-state index contributed by atoms with van der Waals surface area (Å²) in [4.78, 5) is 21.6. The molecule has 21 heavy (non-hydrogen) atoms. The van der Waals surface area contributed by atoms with Crippen molar-refractivity contribution < 1.29 is 19.2 Å². The summed E-state index contributed by atoms with van der Waals surface area (Å²) in [5.41, 5.74) is 1.10. The van der Waals surface area contributed by atoms with Gasteiger partial charge < -0.3 is 9.47 Å². The van der Waals surface area contributed by atoms with E-state index in [2.05, 4.69) is 4.74 Å². The third-order valence-corrected chi connectivity index (χ3v) is 2.76. The largest absolute Gasteiger partial charge is 0.465 e. The smallest absolute Gasteiger partial charge is 0.337 e. The zero-order chi connectivity index (χ0) is 15.4. The van der Waals surface area contributed by atoms with Crippen molar-refractivity contribution in [3.05, 3.63) is 63.7 Å². The number of hydrogen-bond donors (Lipinski definition) is 0. The van der Waals surface area contributed by atoms with Crippen LogP contribution in [0.15, 0.2) is 42.5 Å². The van der Waals surface area contributed by atoms with Gasteiger partial charge in [0.1, 0.15) is 11.5 Å². The summed E-state index contributed by atoms with van der Waals surface area (Å²) in [5.74, 6) is 0.405. The molecular formula is C15H13NO5. The van der Waals surface area contributed by atoms with Gasteiger partial charge in [0.05, 0.1) is 23.7 Å². The third-order valence-electron chi connectivity index (χ3n) is 2.76. The number of hydrogen-bond acceptors (Lipinski definition) is 5. The molecule has 0 N–H and O–H groups in total. The number of ether oxygens (including phenoxy) is 2. The first-order chi connectivity index (χ1) is 9.99. The van der Waals surface area contributed by atoms with Crippen LogP contribution in [0.25, 0.3) is 0 Å². The molecule has 2 rings (SSSR count). The molecule has 0 amide bonds. The predicted octanol–water partition coefficient (Wildman–Crippen LogP) is 3.48. The standard InChI is InChI=1S/C15H13NO5/c1-10-7-12(16(18)19)9-14(8-10)21-13-5-3-11(4-6-13)15(17)20-2/h3-9H,1-2H3. The van der Waals surface area contributed by atoms with Crippen molar-refractivity contribution in [2.75, 3.05) is 7.11 Å². The zero-order valence-electron chi connectivity index (χ0n) is 11.5. The van der Waals surface area contributed by atoms with Gasteiger partial charge in [-0.2, -0.15) is 0 Å². The molecule has 0 aliphatic carbocycles. The molecule has 2 aromatic carbocycles. The van der Waals surface area contributed by atoms with Gasteiger partial charge in [0.2, 0.25) is 0 Å². The lowest BCUT2D eigenvalue weighted by Gasteiger charge is -2.07. The van der Waals surface area contributed by atoms with Crippen molar-refractivity contribution in [1.82, 2.24) is 0 Å². The van der Waals surface area contributed by atoms with E-state index in [9.17, 15) is 14.9 Å². The van der Waals surface area contributed by atoms with E-state index in [1.54, 1.807) is 37.3 Å². The van der Waals surface area contributed by atoms with Gasteiger partial charge in [0.25, 0.3) is 5.69 Å². The van der Waals surface area contributed by atoms with Crippen molar-refractivity contribution in [3.8, 4) is 11.5 Å². The molecular weight excluding hydrogens is 274 g/mol. The maximum absolute atomic E-state index is 11.3. The second-order valence-electron chi connectivity index (χ2n) is 4.38. The van der Waals surface area contributed by atoms with Crippen molar-refractivity contribution >= 4 is 11.7 Å². The summed E-state index contributed by atoms with van der Waals surface area (Å²) in [5, 5.41) is 10.8. The van der Waals surface area contributed by atoms with E-state index in [-0.39, 0.29) is 5.69 Å². The molecule has 0 unspecified atom stereocenters. The molecule has 0 atom stereocenters. The number of esters is 1. The summed E-state index contributed by atoms with van der Waals surface area (Å²) < 4.78 is 10.2. The van der Waals surface area contributed by atoms with Crippen LogP contribution in [-0.4, -0.2) is 18.0 Å². The Morgan fingerprint density at radius 3 is 2.33 bits per heavy atom. The predicted molar refractivity (Wildman–Crippen MR) is 75.7 cm³/mol. The number of carbonyl (C=O) groups is 1. The van der Waals surface area contributed by atoms with Crippen LogP contribution in [0, 0.1) is 17.0 Å². The highest BCUT2D eigenvalue weighted by Crippen LogP contribution is 2.27. The quantitative estimate of drug-likeness (QED) is 0.488. The third kappa shape index (κ3) is 3.56. The summed E-state index contributed by atoms with van der Waals surface area (Å²) in [6.45, 7) is 1.75. The van der Waals surface area contributed by atoms with Crippen molar-refractivity contribution in [2.24, 2.45) is 0 Å². The molecule has 2 aromatic rings. The molecule has 6 nitrogen and oxygen atoms in total. The molecule has 0 aromatic heterocycles. The Morgan fingerprint density at radius 1 is 1.10 bits per heavy atom. The minimum atomic E-state index is -0.472. The summed E-state index contributed by atoms with van der Waals surface area (Å²) >= 11 is 0. The van der Waals surface area contributed by atoms with E-state index in [1.165, 1.54) is 19.2 Å². The van der Waals surface area contributed by atoms with Gasteiger partial charge in [-0.25, -0.2) is 4.79 Å². The second-order valence-corrected chi connectivity index (χ2v) is 4.38. The van der Waals surface area contributed by atoms with E-state index in [4.69, 9.17) is 4.74 Å². The van der Waals surface area contributed by atoms with Crippen LogP contribution in [0.3, 0.4) is 0 Å². The monoisotopic (exact) mass is 287 g/mol. The molecule has 0 bridgehead atoms. The average Bonchev–Trinajstić information content (AvgIpc) is 2.46. The molecule has 108 valence electrons. The topological polar surface area (TPSA) is 78.7 Å². The molecule has 0 fully saturated rings. The Morgan fingerprint density at radius 2 is 1.76 bits per heavy atom. The maximum atomic E-state index is 11.3. The molecule has 0 radical (unpaired) electrons. The minimum absolute atomic E-state index is 0.0313. The van der Waals surface area contributed by atoms with Crippen LogP contribution in [0.4, 0.5) is 5.69 Å². The first kappa shape index (κ1) is 14.5. The maximum Gasteiger partial charge on any atom is 0.337 e. The van der Waals surface area contributed by atoms with Gasteiger partial charge in [-0.3, -0.25) is 10.1 Å². The van der Waals surface area contributed by atoms with Gasteiger partial charge in [-0.05, 0) is 42.8 Å². The number of rotatable bonds is 4. The van der Waals surface area contributed by atoms with E-state index >= 15 is 0 Å². The Bertz CT molecular complexity index is 679. The first-order valence-corrected chi connectivity index (χ1v) is 6.12. The highest BCUT2D eigenvalue weighted by molar-refractivity contribution is 5.89. The highest BCUT2D eigenvalue weighted by Gasteiger charge is 2.10. The average molecular weight is 287 g/mol. The Balaban J connectivity index is 2.22. The Kier molecular flexibility index (Phi) is 4.18. The van der Waals surface area contributed by atoms with Crippen molar-refractivity contribution in [1.29, 1.82) is 0 Å². The molecule has 0 heterocycles. The fourth-order valence-corrected chi connectivity index (χ4v) is 1.81. The zero-order valence-corrected chi connectivity index (χ0v) is 11.5. The van der Waals surface area contributed by atoms with Gasteiger partial charge in [-0.1, -0.05) is 0 Å². The van der Waals surface area contributed by atoms with Crippen LogP contribution in [-0.2, 0) is 4.74 Å². The highest BCUT2D eigenvalue weighted by atomic mass is 16.6. The lowest BCUT2D eigenvalue weighted by atomic mass is 10.2. The van der Waals surface area contributed by atoms with E-state index in [0.717, 1.165) is 5.56 Å². The Labute approximate surface area is 121 Å². The molecule has 0 spiro atoms. The summed E-state index contributed by atoms with van der Waals surface area (Å²) in [6.07, 6.45) is 0. The number of nitro benzene ring substituents is 1. The molecule has 0 aliphatic heterocycles. The van der Waals surface area contributed by atoms with E-state index < -0.39 is 10.9 Å². The number of carbonyl (C=O) groups excluding carboxylic acids is 1. The van der Waals surface area contributed by atoms with Crippen LogP contribution in [0.5, 0.6) is 11.5 Å². The number of non-ortho nitro benzene ring substituents is 1. The lowest BCUT2D eigenvalue weighted by Crippen LogP contribution is -2.00. The normalized spacial score (nSPS) is 10.0. The fraction of sp³-hybridized carbons (Fsp3) is 0.133. The van der Waals surface area contributed by atoms with Gasteiger partial charge in [0.15, 0.2) is 0 Å². The summed E-state index contributed by atoms with van der Waals surface area (Å²) in [6, 6.07) is 10.8. The van der Waals surface area contributed by atoms with E-state index in [1.807, 2.05) is 0 Å². The number of benzene rings is 2. The molecule has 6 heteroatoms. The molecule has 0 aliphatic rings. The van der Waals surface area contributed by atoms with Crippen LogP contribution in [0.2, 0.25) is 0 Å². The summed E-state index contributed by atoms with van der Waals surface area (Å²) in [7, 11) is 1.30. The van der Waals surface area contributed by atoms with E-state index in [0.29, 0.717) is 17.1 Å². The van der Waals surface area contributed by atoms with Gasteiger partial charge in [-0.15, -0.1) is 0 Å². The number of aryl methyl sites for hydroxylation is 1. The SMILES string of the molecule is COC(=O)c1ccc(Oc2cc(C)cc([N+](=O)[O-])c2)cc1. The minimum Gasteiger partial charge on any atom is -0.465 e. The van der Waals surface area contributed by atoms with Gasteiger partial charge in [0, 0.05) is 6.07 Å². The molecule has 0 saturated heterocycles.